The fourth-order valence-corrected chi connectivity index (χ4v) is 1.88. The highest BCUT2D eigenvalue weighted by atomic mass is 16.5. The van der Waals surface area contributed by atoms with E-state index in [9.17, 15) is 0 Å². The normalized spacial score (nSPS) is 11.1. The van der Waals surface area contributed by atoms with E-state index in [0.717, 1.165) is 38.3 Å². The summed E-state index contributed by atoms with van der Waals surface area (Å²) in [4.78, 5) is 0. The number of methoxy groups -OCH3 is 2. The fourth-order valence-electron chi connectivity index (χ4n) is 1.88. The minimum absolute atomic E-state index is 0.768. The van der Waals surface area contributed by atoms with Crippen LogP contribution in [-0.4, -0.2) is 33.9 Å². The lowest BCUT2D eigenvalue weighted by Gasteiger charge is -2.07. The first-order valence-corrected chi connectivity index (χ1v) is 6.76. The monoisotopic (exact) mass is 263 g/mol. The van der Waals surface area contributed by atoms with E-state index in [-0.39, 0.29) is 0 Å². The van der Waals surface area contributed by atoms with Gasteiger partial charge in [-0.15, -0.1) is 0 Å². The van der Waals surface area contributed by atoms with Crippen molar-refractivity contribution in [2.24, 2.45) is 0 Å². The Morgan fingerprint density at radius 3 is 2.74 bits per heavy atom. The van der Waals surface area contributed by atoms with E-state index >= 15 is 0 Å². The highest BCUT2D eigenvalue weighted by molar-refractivity contribution is 5.38. The second-order valence-electron chi connectivity index (χ2n) is 4.52. The van der Waals surface area contributed by atoms with Crippen molar-refractivity contribution in [2.75, 3.05) is 33.9 Å². The zero-order valence-electron chi connectivity index (χ0n) is 12.2. The van der Waals surface area contributed by atoms with Crippen LogP contribution in [0, 0.1) is 6.92 Å². The molecule has 3 heteroatoms. The van der Waals surface area contributed by atoms with Gasteiger partial charge in [0, 0.05) is 13.7 Å². The highest BCUT2D eigenvalue weighted by Gasteiger charge is 2.00. The van der Waals surface area contributed by atoms with Crippen molar-refractivity contribution in [2.45, 2.75) is 19.8 Å². The molecule has 19 heavy (non-hydrogen) atoms. The molecule has 1 rings (SSSR count). The molecule has 106 valence electrons. The summed E-state index contributed by atoms with van der Waals surface area (Å²) in [6.07, 6.45) is 6.37. The number of aryl methyl sites for hydroxylation is 1. The van der Waals surface area contributed by atoms with Crippen LogP contribution in [0.5, 0.6) is 5.75 Å². The summed E-state index contributed by atoms with van der Waals surface area (Å²) in [6, 6.07) is 6.29. The Kier molecular flexibility index (Phi) is 7.94. The Morgan fingerprint density at radius 2 is 2.00 bits per heavy atom. The molecule has 0 radical (unpaired) electrons. The minimum atomic E-state index is 0.768. The summed E-state index contributed by atoms with van der Waals surface area (Å²) in [6.45, 7) is 4.78. The predicted octanol–water partition coefficient (Wildman–Crippen LogP) is 2.73. The topological polar surface area (TPSA) is 30.5 Å². The van der Waals surface area contributed by atoms with Gasteiger partial charge < -0.3 is 14.8 Å². The average molecular weight is 263 g/mol. The molecule has 0 saturated carbocycles. The molecular weight excluding hydrogens is 238 g/mol. The first-order chi connectivity index (χ1) is 9.27. The van der Waals surface area contributed by atoms with Crippen molar-refractivity contribution in [3.63, 3.8) is 0 Å². The van der Waals surface area contributed by atoms with Gasteiger partial charge in [0.05, 0.1) is 13.7 Å². The van der Waals surface area contributed by atoms with Crippen molar-refractivity contribution >= 4 is 0 Å². The van der Waals surface area contributed by atoms with Gasteiger partial charge in [0.25, 0.3) is 0 Å². The number of hydrogen-bond acceptors (Lipinski definition) is 3. The van der Waals surface area contributed by atoms with Crippen molar-refractivity contribution in [1.29, 1.82) is 0 Å². The molecule has 0 saturated heterocycles. The van der Waals surface area contributed by atoms with Crippen molar-refractivity contribution in [3.8, 4) is 5.75 Å². The largest absolute Gasteiger partial charge is 0.496 e. The fraction of sp³-hybridized carbons (Fsp3) is 0.500. The number of rotatable bonds is 9. The van der Waals surface area contributed by atoms with Gasteiger partial charge in [0.1, 0.15) is 5.75 Å². The second kappa shape index (κ2) is 9.59. The SMILES string of the molecule is COCCNCCC=CCc1cc(C)ccc1OC. The molecule has 3 nitrogen and oxygen atoms in total. The van der Waals surface area contributed by atoms with Crippen LogP contribution in [0.2, 0.25) is 0 Å². The third-order valence-electron chi connectivity index (χ3n) is 2.91. The van der Waals surface area contributed by atoms with E-state index in [2.05, 4.69) is 36.5 Å². The van der Waals surface area contributed by atoms with E-state index in [1.807, 2.05) is 6.07 Å². The molecule has 0 unspecified atom stereocenters. The minimum Gasteiger partial charge on any atom is -0.496 e. The molecule has 0 aliphatic carbocycles. The zero-order chi connectivity index (χ0) is 13.9. The predicted molar refractivity (Wildman–Crippen MR) is 79.9 cm³/mol. The van der Waals surface area contributed by atoms with E-state index < -0.39 is 0 Å². The summed E-state index contributed by atoms with van der Waals surface area (Å²) in [5.74, 6) is 0.966. The summed E-state index contributed by atoms with van der Waals surface area (Å²) < 4.78 is 10.3. The van der Waals surface area contributed by atoms with Crippen molar-refractivity contribution < 1.29 is 9.47 Å². The Hall–Kier alpha value is -1.32. The molecule has 0 aromatic heterocycles. The van der Waals surface area contributed by atoms with Crippen LogP contribution in [0.4, 0.5) is 0 Å². The van der Waals surface area contributed by atoms with Gasteiger partial charge in [-0.2, -0.15) is 0 Å². The number of ether oxygens (including phenoxy) is 2. The third-order valence-corrected chi connectivity index (χ3v) is 2.91. The number of hydrogen-bond donors (Lipinski definition) is 1. The van der Waals surface area contributed by atoms with Crippen molar-refractivity contribution in [1.82, 2.24) is 5.32 Å². The Balaban J connectivity index is 2.29. The maximum absolute atomic E-state index is 5.36. The zero-order valence-corrected chi connectivity index (χ0v) is 12.2. The molecule has 0 aliphatic rings. The van der Waals surface area contributed by atoms with Crippen molar-refractivity contribution in [3.05, 3.63) is 41.5 Å². The first-order valence-electron chi connectivity index (χ1n) is 6.76. The number of nitrogens with one attached hydrogen (secondary N) is 1. The van der Waals surface area contributed by atoms with Crippen LogP contribution in [0.15, 0.2) is 30.4 Å². The first kappa shape index (κ1) is 15.7. The van der Waals surface area contributed by atoms with Crippen LogP contribution < -0.4 is 10.1 Å². The molecule has 0 atom stereocenters. The quantitative estimate of drug-likeness (QED) is 0.549. The van der Waals surface area contributed by atoms with Gasteiger partial charge in [-0.1, -0.05) is 29.8 Å². The molecule has 1 aromatic rings. The van der Waals surface area contributed by atoms with Gasteiger partial charge in [-0.25, -0.2) is 0 Å². The van der Waals surface area contributed by atoms with Gasteiger partial charge in [0.15, 0.2) is 0 Å². The summed E-state index contributed by atoms with van der Waals surface area (Å²) >= 11 is 0. The highest BCUT2D eigenvalue weighted by Crippen LogP contribution is 2.20. The molecule has 1 N–H and O–H groups in total. The lowest BCUT2D eigenvalue weighted by Crippen LogP contribution is -2.19. The Bertz CT molecular complexity index is 388. The van der Waals surface area contributed by atoms with Crippen LogP contribution in [0.25, 0.3) is 0 Å². The summed E-state index contributed by atoms with van der Waals surface area (Å²) in [5.41, 5.74) is 2.51. The molecule has 0 fully saturated rings. The van der Waals surface area contributed by atoms with Gasteiger partial charge in [-0.05, 0) is 37.9 Å². The Labute approximate surface area is 116 Å². The Morgan fingerprint density at radius 1 is 1.16 bits per heavy atom. The molecule has 0 aliphatic heterocycles. The van der Waals surface area contributed by atoms with E-state index in [1.165, 1.54) is 11.1 Å². The van der Waals surface area contributed by atoms with Gasteiger partial charge in [0.2, 0.25) is 0 Å². The second-order valence-corrected chi connectivity index (χ2v) is 4.52. The number of allylic oxidation sites excluding steroid dienone is 1. The third kappa shape index (κ3) is 6.41. The molecule has 0 spiro atoms. The van der Waals surface area contributed by atoms with Gasteiger partial charge in [-0.3, -0.25) is 0 Å². The molecular formula is C16H25NO2. The van der Waals surface area contributed by atoms with Crippen LogP contribution in [0.1, 0.15) is 17.5 Å². The summed E-state index contributed by atoms with van der Waals surface area (Å²) in [5, 5.41) is 3.32. The maximum Gasteiger partial charge on any atom is 0.122 e. The maximum atomic E-state index is 5.36. The van der Waals surface area contributed by atoms with E-state index in [1.54, 1.807) is 14.2 Å². The van der Waals surface area contributed by atoms with Crippen LogP contribution in [0.3, 0.4) is 0 Å². The molecule has 0 amide bonds. The van der Waals surface area contributed by atoms with Crippen LogP contribution >= 0.6 is 0 Å². The molecule has 0 bridgehead atoms. The van der Waals surface area contributed by atoms with E-state index in [0.29, 0.717) is 0 Å². The number of benzene rings is 1. The standard InChI is InChI=1S/C16H25NO2/c1-14-8-9-16(19-3)15(13-14)7-5-4-6-10-17-11-12-18-2/h4-5,8-9,13,17H,6-7,10-12H2,1-3H3. The molecule has 1 aromatic carbocycles. The lowest BCUT2D eigenvalue weighted by molar-refractivity contribution is 0.199. The van der Waals surface area contributed by atoms with Crippen LogP contribution in [-0.2, 0) is 11.2 Å². The molecule has 0 heterocycles. The van der Waals surface area contributed by atoms with Gasteiger partial charge >= 0.3 is 0 Å². The lowest BCUT2D eigenvalue weighted by atomic mass is 10.1. The van der Waals surface area contributed by atoms with E-state index in [4.69, 9.17) is 9.47 Å². The average Bonchev–Trinajstić information content (AvgIpc) is 2.42. The smallest absolute Gasteiger partial charge is 0.122 e. The summed E-state index contributed by atoms with van der Waals surface area (Å²) in [7, 11) is 3.44.